The van der Waals surface area contributed by atoms with Crippen LogP contribution in [0.2, 0.25) is 0 Å². The van der Waals surface area contributed by atoms with Crippen LogP contribution in [-0.2, 0) is 20.0 Å². The van der Waals surface area contributed by atoms with Gasteiger partial charge in [0.15, 0.2) is 0 Å². The summed E-state index contributed by atoms with van der Waals surface area (Å²) in [7, 11) is 1.96. The summed E-state index contributed by atoms with van der Waals surface area (Å²) in [6, 6.07) is 6.79. The Morgan fingerprint density at radius 3 is 3.09 bits per heavy atom. The Bertz CT molecular complexity index is 696. The highest BCUT2D eigenvalue weighted by atomic mass is 16.5. The highest BCUT2D eigenvalue weighted by Gasteiger charge is 2.32. The Hall–Kier alpha value is -1.85. The summed E-state index contributed by atoms with van der Waals surface area (Å²) in [4.78, 5) is 2.45. The normalized spacial score (nSPS) is 24.4. The fourth-order valence-electron chi connectivity index (χ4n) is 3.80. The van der Waals surface area contributed by atoms with E-state index in [4.69, 9.17) is 10.5 Å². The number of rotatable bonds is 3. The van der Waals surface area contributed by atoms with Crippen LogP contribution in [0, 0.1) is 0 Å². The highest BCUT2D eigenvalue weighted by Crippen LogP contribution is 2.29. The standard InChI is InChI=1S/C18H24N4O/c1-21-10-15(8-20-21)16-11-22(12-17(16)19)9-13-4-5-18-14(7-13)3-2-6-23-18/h4-5,7-8,10,16-17H,2-3,6,9,11-12,19H2,1H3/t16-,17+/m0/s1. The van der Waals surface area contributed by atoms with Crippen molar-refractivity contribution in [1.29, 1.82) is 0 Å². The van der Waals surface area contributed by atoms with E-state index in [2.05, 4.69) is 34.4 Å². The predicted molar refractivity (Wildman–Crippen MR) is 89.5 cm³/mol. The molecule has 23 heavy (non-hydrogen) atoms. The van der Waals surface area contributed by atoms with Crippen molar-refractivity contribution in [2.75, 3.05) is 19.7 Å². The molecule has 5 heteroatoms. The molecule has 2 atom stereocenters. The SMILES string of the molecule is Cn1cc([C@@H]2CN(Cc3ccc4c(c3)CCCO4)C[C@H]2N)cn1. The molecule has 0 amide bonds. The summed E-state index contributed by atoms with van der Waals surface area (Å²) in [5.74, 6) is 1.44. The lowest BCUT2D eigenvalue weighted by molar-refractivity contribution is 0.287. The Balaban J connectivity index is 1.45. The van der Waals surface area contributed by atoms with Gasteiger partial charge in [0.25, 0.3) is 0 Å². The molecule has 2 N–H and O–H groups in total. The largest absolute Gasteiger partial charge is 0.493 e. The van der Waals surface area contributed by atoms with Gasteiger partial charge in [-0.05, 0) is 35.6 Å². The van der Waals surface area contributed by atoms with E-state index >= 15 is 0 Å². The van der Waals surface area contributed by atoms with Crippen molar-refractivity contribution >= 4 is 0 Å². The minimum absolute atomic E-state index is 0.181. The lowest BCUT2D eigenvalue weighted by Crippen LogP contribution is -2.28. The number of ether oxygens (including phenoxy) is 1. The lowest BCUT2D eigenvalue weighted by atomic mass is 9.98. The van der Waals surface area contributed by atoms with Gasteiger partial charge in [0.2, 0.25) is 0 Å². The van der Waals surface area contributed by atoms with Gasteiger partial charge in [-0.2, -0.15) is 5.10 Å². The van der Waals surface area contributed by atoms with Crippen molar-refractivity contribution in [2.24, 2.45) is 12.8 Å². The summed E-state index contributed by atoms with van der Waals surface area (Å²) in [6.07, 6.45) is 6.28. The van der Waals surface area contributed by atoms with E-state index in [-0.39, 0.29) is 6.04 Å². The maximum absolute atomic E-state index is 6.38. The van der Waals surface area contributed by atoms with Crippen LogP contribution >= 0.6 is 0 Å². The zero-order valence-corrected chi connectivity index (χ0v) is 13.6. The molecule has 1 aromatic heterocycles. The highest BCUT2D eigenvalue weighted by molar-refractivity contribution is 5.38. The molecule has 122 valence electrons. The summed E-state index contributed by atoms with van der Waals surface area (Å²) in [5, 5.41) is 4.28. The molecule has 2 aliphatic heterocycles. The van der Waals surface area contributed by atoms with E-state index in [0.717, 1.165) is 44.8 Å². The number of likely N-dealkylation sites (tertiary alicyclic amines) is 1. The topological polar surface area (TPSA) is 56.3 Å². The summed E-state index contributed by atoms with van der Waals surface area (Å²) >= 11 is 0. The van der Waals surface area contributed by atoms with Gasteiger partial charge in [0.1, 0.15) is 5.75 Å². The second kappa shape index (κ2) is 5.98. The molecule has 3 heterocycles. The molecular formula is C18H24N4O. The third-order valence-electron chi connectivity index (χ3n) is 4.97. The van der Waals surface area contributed by atoms with E-state index in [1.54, 1.807) is 0 Å². The van der Waals surface area contributed by atoms with Gasteiger partial charge in [-0.1, -0.05) is 12.1 Å². The smallest absolute Gasteiger partial charge is 0.122 e. The molecule has 0 saturated carbocycles. The number of benzene rings is 1. The third-order valence-corrected chi connectivity index (χ3v) is 4.97. The van der Waals surface area contributed by atoms with Crippen LogP contribution in [-0.4, -0.2) is 40.4 Å². The van der Waals surface area contributed by atoms with E-state index in [1.807, 2.05) is 17.9 Å². The molecule has 5 nitrogen and oxygen atoms in total. The van der Waals surface area contributed by atoms with Gasteiger partial charge in [-0.15, -0.1) is 0 Å². The summed E-state index contributed by atoms with van der Waals surface area (Å²) < 4.78 is 7.56. The summed E-state index contributed by atoms with van der Waals surface area (Å²) in [6.45, 7) is 3.74. The molecule has 0 radical (unpaired) electrons. The molecule has 4 rings (SSSR count). The number of aryl methyl sites for hydroxylation is 2. The first-order chi connectivity index (χ1) is 11.2. The second-order valence-corrected chi connectivity index (χ2v) is 6.81. The quantitative estimate of drug-likeness (QED) is 0.937. The van der Waals surface area contributed by atoms with Gasteiger partial charge >= 0.3 is 0 Å². The van der Waals surface area contributed by atoms with E-state index < -0.39 is 0 Å². The second-order valence-electron chi connectivity index (χ2n) is 6.81. The van der Waals surface area contributed by atoms with E-state index in [9.17, 15) is 0 Å². The summed E-state index contributed by atoms with van der Waals surface area (Å²) in [5.41, 5.74) is 10.3. The van der Waals surface area contributed by atoms with Crippen molar-refractivity contribution in [3.8, 4) is 5.75 Å². The Labute approximate surface area is 137 Å². The maximum atomic E-state index is 6.38. The average molecular weight is 312 g/mol. The number of fused-ring (bicyclic) bond motifs is 1. The van der Waals surface area contributed by atoms with E-state index in [0.29, 0.717) is 5.92 Å². The Morgan fingerprint density at radius 1 is 1.35 bits per heavy atom. The number of aromatic nitrogens is 2. The molecule has 0 unspecified atom stereocenters. The third kappa shape index (κ3) is 2.99. The van der Waals surface area contributed by atoms with Gasteiger partial charge in [-0.3, -0.25) is 9.58 Å². The van der Waals surface area contributed by atoms with Crippen molar-refractivity contribution in [1.82, 2.24) is 14.7 Å². The van der Waals surface area contributed by atoms with Crippen LogP contribution in [0.5, 0.6) is 5.75 Å². The van der Waals surface area contributed by atoms with Gasteiger partial charge in [0, 0.05) is 44.8 Å². The molecule has 0 bridgehead atoms. The minimum Gasteiger partial charge on any atom is -0.493 e. The van der Waals surface area contributed by atoms with Crippen LogP contribution in [0.25, 0.3) is 0 Å². The van der Waals surface area contributed by atoms with Crippen LogP contribution in [0.4, 0.5) is 0 Å². The van der Waals surface area contributed by atoms with Gasteiger partial charge < -0.3 is 10.5 Å². The fraction of sp³-hybridized carbons (Fsp3) is 0.500. The van der Waals surface area contributed by atoms with Gasteiger partial charge in [0.05, 0.1) is 12.8 Å². The molecule has 0 aliphatic carbocycles. The number of hydrogen-bond acceptors (Lipinski definition) is 4. The number of nitrogens with zero attached hydrogens (tertiary/aromatic N) is 3. The predicted octanol–water partition coefficient (Wildman–Crippen LogP) is 1.67. The molecule has 1 fully saturated rings. The monoisotopic (exact) mass is 312 g/mol. The maximum Gasteiger partial charge on any atom is 0.122 e. The average Bonchev–Trinajstić information content (AvgIpc) is 3.13. The minimum atomic E-state index is 0.181. The zero-order chi connectivity index (χ0) is 15.8. The van der Waals surface area contributed by atoms with Crippen LogP contribution in [0.15, 0.2) is 30.6 Å². The van der Waals surface area contributed by atoms with Crippen LogP contribution < -0.4 is 10.5 Å². The molecule has 1 saturated heterocycles. The van der Waals surface area contributed by atoms with Crippen LogP contribution in [0.1, 0.15) is 29.0 Å². The molecule has 1 aromatic carbocycles. The first-order valence-corrected chi connectivity index (χ1v) is 8.40. The van der Waals surface area contributed by atoms with Crippen molar-refractivity contribution < 1.29 is 4.74 Å². The molecule has 0 spiro atoms. The Morgan fingerprint density at radius 2 is 2.26 bits per heavy atom. The Kier molecular flexibility index (Phi) is 3.83. The van der Waals surface area contributed by atoms with Crippen molar-refractivity contribution in [3.63, 3.8) is 0 Å². The fourth-order valence-corrected chi connectivity index (χ4v) is 3.80. The number of hydrogen-bond donors (Lipinski definition) is 1. The number of nitrogens with two attached hydrogens (primary N) is 1. The molecule has 2 aromatic rings. The van der Waals surface area contributed by atoms with Gasteiger partial charge in [-0.25, -0.2) is 0 Å². The van der Waals surface area contributed by atoms with E-state index in [1.165, 1.54) is 16.7 Å². The first-order valence-electron chi connectivity index (χ1n) is 8.40. The molecular weight excluding hydrogens is 288 g/mol. The lowest BCUT2D eigenvalue weighted by Gasteiger charge is -2.20. The van der Waals surface area contributed by atoms with Crippen molar-refractivity contribution in [3.05, 3.63) is 47.3 Å². The van der Waals surface area contributed by atoms with Crippen LogP contribution in [0.3, 0.4) is 0 Å². The van der Waals surface area contributed by atoms with Crippen molar-refractivity contribution in [2.45, 2.75) is 31.3 Å². The first kappa shape index (κ1) is 14.7. The molecule has 2 aliphatic rings. The zero-order valence-electron chi connectivity index (χ0n) is 13.6.